The number of nitrogens with zero attached hydrogens (tertiary/aromatic N) is 3. The van der Waals surface area contributed by atoms with Crippen LogP contribution < -0.4 is 14.3 Å². The van der Waals surface area contributed by atoms with Crippen LogP contribution in [0.25, 0.3) is 0 Å². The van der Waals surface area contributed by atoms with Crippen LogP contribution in [0, 0.1) is 17.0 Å². The Hall–Kier alpha value is -3.99. The van der Waals surface area contributed by atoms with E-state index in [0.717, 1.165) is 11.8 Å². The number of aryl methyl sites for hydroxylation is 1. The maximum Gasteiger partial charge on any atom is 0.339 e. The zero-order chi connectivity index (χ0) is 23.1. The van der Waals surface area contributed by atoms with Crippen LogP contribution in [-0.2, 0) is 10.1 Å². The van der Waals surface area contributed by atoms with Crippen LogP contribution in [0.1, 0.15) is 18.1 Å². The zero-order valence-electron chi connectivity index (χ0n) is 17.3. The summed E-state index contributed by atoms with van der Waals surface area (Å²) in [5, 5.41) is 14.7. The van der Waals surface area contributed by atoms with Crippen molar-refractivity contribution >= 4 is 27.8 Å². The SMILES string of the molecule is CCOc1cc(/C=N\Nc2ccc([N+](=O)[O-])cn2)ccc1OS(=O)(=O)c1ccc(C)cc1. The third-order valence-electron chi connectivity index (χ3n) is 4.13. The van der Waals surface area contributed by atoms with E-state index in [1.165, 1.54) is 36.5 Å². The van der Waals surface area contributed by atoms with E-state index < -0.39 is 15.0 Å². The van der Waals surface area contributed by atoms with Crippen LogP contribution in [0.15, 0.2) is 70.8 Å². The molecule has 0 aliphatic rings. The van der Waals surface area contributed by atoms with Gasteiger partial charge in [0.1, 0.15) is 16.9 Å². The summed E-state index contributed by atoms with van der Waals surface area (Å²) in [4.78, 5) is 14.0. The van der Waals surface area contributed by atoms with Crippen molar-refractivity contribution in [3.8, 4) is 11.5 Å². The molecule has 10 nitrogen and oxygen atoms in total. The number of hydrogen-bond donors (Lipinski definition) is 1. The average Bonchev–Trinajstić information content (AvgIpc) is 2.76. The molecule has 0 fully saturated rings. The molecule has 0 aliphatic heterocycles. The van der Waals surface area contributed by atoms with Crippen molar-refractivity contribution in [1.82, 2.24) is 4.98 Å². The molecule has 0 saturated heterocycles. The Bertz CT molecular complexity index is 1230. The molecule has 1 aromatic heterocycles. The number of hydrogen-bond acceptors (Lipinski definition) is 9. The average molecular weight is 456 g/mol. The van der Waals surface area contributed by atoms with E-state index in [9.17, 15) is 18.5 Å². The standard InChI is InChI=1S/C21H20N4O6S/c1-3-30-20-12-16(13-23-24-21-11-7-17(14-22-21)25(26)27)6-10-19(20)31-32(28,29)18-8-4-15(2)5-9-18/h4-14H,3H2,1-2H3,(H,22,24)/b23-13-. The zero-order valence-corrected chi connectivity index (χ0v) is 18.1. The van der Waals surface area contributed by atoms with Gasteiger partial charge in [-0.2, -0.15) is 13.5 Å². The fraction of sp³-hybridized carbons (Fsp3) is 0.143. The van der Waals surface area contributed by atoms with E-state index in [0.29, 0.717) is 18.0 Å². The number of rotatable bonds is 9. The van der Waals surface area contributed by atoms with Gasteiger partial charge in [-0.1, -0.05) is 17.7 Å². The second kappa shape index (κ2) is 9.88. The summed E-state index contributed by atoms with van der Waals surface area (Å²) in [6.07, 6.45) is 2.58. The van der Waals surface area contributed by atoms with Crippen LogP contribution in [0.2, 0.25) is 0 Å². The molecule has 1 N–H and O–H groups in total. The molecule has 3 rings (SSSR count). The van der Waals surface area contributed by atoms with Crippen LogP contribution in [0.5, 0.6) is 11.5 Å². The number of nitro groups is 1. The van der Waals surface area contributed by atoms with E-state index >= 15 is 0 Å². The number of ether oxygens (including phenoxy) is 1. The number of benzene rings is 2. The van der Waals surface area contributed by atoms with Gasteiger partial charge in [0.2, 0.25) is 0 Å². The van der Waals surface area contributed by atoms with Gasteiger partial charge in [-0.3, -0.25) is 15.5 Å². The minimum absolute atomic E-state index is 0.0379. The Kier molecular flexibility index (Phi) is 7.00. The first-order valence-corrected chi connectivity index (χ1v) is 10.9. The Morgan fingerprint density at radius 3 is 2.50 bits per heavy atom. The second-order valence-corrected chi connectivity index (χ2v) is 8.06. The minimum Gasteiger partial charge on any atom is -0.490 e. The molecule has 0 atom stereocenters. The lowest BCUT2D eigenvalue weighted by Crippen LogP contribution is -2.11. The summed E-state index contributed by atoms with van der Waals surface area (Å²) in [5.74, 6) is 0.608. The molecule has 0 bridgehead atoms. The number of pyridine rings is 1. The summed E-state index contributed by atoms with van der Waals surface area (Å²) in [6.45, 7) is 3.92. The Morgan fingerprint density at radius 2 is 1.88 bits per heavy atom. The highest BCUT2D eigenvalue weighted by atomic mass is 32.2. The predicted molar refractivity (Wildman–Crippen MR) is 119 cm³/mol. The van der Waals surface area contributed by atoms with Gasteiger partial charge < -0.3 is 8.92 Å². The lowest BCUT2D eigenvalue weighted by atomic mass is 10.2. The topological polar surface area (TPSA) is 133 Å². The van der Waals surface area contributed by atoms with Crippen molar-refractivity contribution in [2.45, 2.75) is 18.7 Å². The summed E-state index contributed by atoms with van der Waals surface area (Å²) < 4.78 is 36.0. The quantitative estimate of drug-likeness (QED) is 0.222. The largest absolute Gasteiger partial charge is 0.490 e. The van der Waals surface area contributed by atoms with Crippen molar-refractivity contribution in [3.05, 3.63) is 82.0 Å². The molecular weight excluding hydrogens is 436 g/mol. The first-order chi connectivity index (χ1) is 15.3. The highest BCUT2D eigenvalue weighted by molar-refractivity contribution is 7.87. The molecule has 0 saturated carbocycles. The van der Waals surface area contributed by atoms with Gasteiger partial charge in [-0.25, -0.2) is 4.98 Å². The number of hydrazone groups is 1. The normalized spacial score (nSPS) is 11.3. The van der Waals surface area contributed by atoms with E-state index in [2.05, 4.69) is 15.5 Å². The molecule has 0 aliphatic carbocycles. The maximum absolute atomic E-state index is 12.6. The van der Waals surface area contributed by atoms with E-state index in [4.69, 9.17) is 8.92 Å². The molecule has 1 heterocycles. The van der Waals surface area contributed by atoms with Crippen LogP contribution in [0.4, 0.5) is 11.5 Å². The van der Waals surface area contributed by atoms with Crippen molar-refractivity contribution in [3.63, 3.8) is 0 Å². The van der Waals surface area contributed by atoms with Crippen molar-refractivity contribution in [2.75, 3.05) is 12.0 Å². The molecule has 3 aromatic rings. The number of anilines is 1. The highest BCUT2D eigenvalue weighted by Crippen LogP contribution is 2.31. The summed E-state index contributed by atoms with van der Waals surface area (Å²) in [5.41, 5.74) is 4.06. The Morgan fingerprint density at radius 1 is 1.12 bits per heavy atom. The lowest BCUT2D eigenvalue weighted by Gasteiger charge is -2.12. The van der Waals surface area contributed by atoms with Gasteiger partial charge in [-0.15, -0.1) is 0 Å². The van der Waals surface area contributed by atoms with Crippen molar-refractivity contribution in [2.24, 2.45) is 5.10 Å². The maximum atomic E-state index is 12.6. The van der Waals surface area contributed by atoms with Gasteiger partial charge in [0.05, 0.1) is 17.7 Å². The first kappa shape index (κ1) is 22.7. The highest BCUT2D eigenvalue weighted by Gasteiger charge is 2.19. The van der Waals surface area contributed by atoms with Crippen molar-refractivity contribution < 1.29 is 22.3 Å². The summed E-state index contributed by atoms with van der Waals surface area (Å²) in [7, 11) is -4.03. The minimum atomic E-state index is -4.03. The molecule has 0 unspecified atom stereocenters. The lowest BCUT2D eigenvalue weighted by molar-refractivity contribution is -0.385. The van der Waals surface area contributed by atoms with E-state index in [-0.39, 0.29) is 22.1 Å². The predicted octanol–water partition coefficient (Wildman–Crippen LogP) is 3.91. The van der Waals surface area contributed by atoms with Gasteiger partial charge in [0, 0.05) is 6.07 Å². The fourth-order valence-corrected chi connectivity index (χ4v) is 3.49. The van der Waals surface area contributed by atoms with Crippen LogP contribution in [-0.4, -0.2) is 31.1 Å². The van der Waals surface area contributed by atoms with Crippen LogP contribution in [0.3, 0.4) is 0 Å². The van der Waals surface area contributed by atoms with Crippen LogP contribution >= 0.6 is 0 Å². The fourth-order valence-electron chi connectivity index (χ4n) is 2.55. The molecule has 0 radical (unpaired) electrons. The van der Waals surface area contributed by atoms with E-state index in [1.54, 1.807) is 31.2 Å². The molecule has 0 amide bonds. The third-order valence-corrected chi connectivity index (χ3v) is 5.38. The number of nitrogens with one attached hydrogen (secondary N) is 1. The van der Waals surface area contributed by atoms with Gasteiger partial charge in [0.15, 0.2) is 11.5 Å². The molecular formula is C21H20N4O6S. The third kappa shape index (κ3) is 5.79. The second-order valence-electron chi connectivity index (χ2n) is 6.52. The number of aromatic nitrogens is 1. The smallest absolute Gasteiger partial charge is 0.339 e. The first-order valence-electron chi connectivity index (χ1n) is 9.46. The molecule has 2 aromatic carbocycles. The van der Waals surface area contributed by atoms with E-state index in [1.807, 2.05) is 6.92 Å². The monoisotopic (exact) mass is 456 g/mol. The summed E-state index contributed by atoms with van der Waals surface area (Å²) >= 11 is 0. The van der Waals surface area contributed by atoms with Gasteiger partial charge in [0.25, 0.3) is 5.69 Å². The van der Waals surface area contributed by atoms with Crippen molar-refractivity contribution in [1.29, 1.82) is 0 Å². The molecule has 32 heavy (non-hydrogen) atoms. The molecule has 11 heteroatoms. The Labute approximate surface area is 184 Å². The molecule has 0 spiro atoms. The van der Waals surface area contributed by atoms with Gasteiger partial charge >= 0.3 is 10.1 Å². The molecule has 166 valence electrons. The van der Waals surface area contributed by atoms with Gasteiger partial charge in [-0.05, 0) is 55.8 Å². The summed E-state index contributed by atoms with van der Waals surface area (Å²) in [6, 6.07) is 13.7. The Balaban J connectivity index is 1.75.